The molecule has 0 aromatic heterocycles. The zero-order chi connectivity index (χ0) is 13.1. The smallest absolute Gasteiger partial charge is 0.0515 e. The highest BCUT2D eigenvalue weighted by molar-refractivity contribution is 5.31. The van der Waals surface area contributed by atoms with E-state index in [4.69, 9.17) is 0 Å². The molecule has 0 unspecified atom stereocenters. The van der Waals surface area contributed by atoms with Crippen LogP contribution in [-0.2, 0) is 6.42 Å². The van der Waals surface area contributed by atoms with Crippen LogP contribution in [0.25, 0.3) is 0 Å². The first kappa shape index (κ1) is 14.2. The number of hydrogen-bond acceptors (Lipinski definition) is 2. The topological polar surface area (TPSA) is 40.5 Å². The summed E-state index contributed by atoms with van der Waals surface area (Å²) in [5, 5.41) is 19.2. The zero-order valence-corrected chi connectivity index (χ0v) is 11.3. The first-order valence-corrected chi connectivity index (χ1v) is 6.23. The summed E-state index contributed by atoms with van der Waals surface area (Å²) < 4.78 is 0. The molecule has 0 bridgehead atoms. The average molecular weight is 236 g/mol. The van der Waals surface area contributed by atoms with Gasteiger partial charge in [0.1, 0.15) is 0 Å². The molecule has 1 aromatic carbocycles. The van der Waals surface area contributed by atoms with Crippen LogP contribution in [0.3, 0.4) is 0 Å². The van der Waals surface area contributed by atoms with Crippen LogP contribution in [0.1, 0.15) is 30.5 Å². The van der Waals surface area contributed by atoms with Crippen molar-refractivity contribution < 1.29 is 10.2 Å². The van der Waals surface area contributed by atoms with E-state index in [1.807, 2.05) is 0 Å². The highest BCUT2D eigenvalue weighted by Gasteiger charge is 2.33. The molecular weight excluding hydrogens is 212 g/mol. The van der Waals surface area contributed by atoms with Crippen LogP contribution >= 0.6 is 0 Å². The van der Waals surface area contributed by atoms with Crippen LogP contribution in [0.5, 0.6) is 0 Å². The van der Waals surface area contributed by atoms with E-state index < -0.39 is 5.41 Å². The highest BCUT2D eigenvalue weighted by Crippen LogP contribution is 2.32. The van der Waals surface area contributed by atoms with Crippen LogP contribution in [0.15, 0.2) is 18.2 Å². The number of aliphatic hydroxyl groups excluding tert-OH is 2. The number of aliphatic hydroxyl groups is 2. The molecule has 0 aliphatic rings. The molecule has 0 atom stereocenters. The third-order valence-electron chi connectivity index (χ3n) is 3.90. The Morgan fingerprint density at radius 3 is 2.18 bits per heavy atom. The predicted octanol–water partition coefficient (Wildman–Crippen LogP) is 2.47. The first-order valence-electron chi connectivity index (χ1n) is 6.23. The second kappa shape index (κ2) is 5.65. The van der Waals surface area contributed by atoms with Crippen LogP contribution < -0.4 is 0 Å². The summed E-state index contributed by atoms with van der Waals surface area (Å²) in [4.78, 5) is 0. The van der Waals surface area contributed by atoms with E-state index in [2.05, 4.69) is 45.9 Å². The van der Waals surface area contributed by atoms with Gasteiger partial charge in [-0.3, -0.25) is 0 Å². The van der Waals surface area contributed by atoms with Gasteiger partial charge in [0.05, 0.1) is 13.2 Å². The maximum Gasteiger partial charge on any atom is 0.0515 e. The second-order valence-corrected chi connectivity index (χ2v) is 5.44. The maximum atomic E-state index is 9.61. The number of hydrogen-bond donors (Lipinski definition) is 2. The average Bonchev–Trinajstić information content (AvgIpc) is 2.30. The third kappa shape index (κ3) is 3.08. The summed E-state index contributed by atoms with van der Waals surface area (Å²) in [6, 6.07) is 6.34. The van der Waals surface area contributed by atoms with Gasteiger partial charge < -0.3 is 10.2 Å². The number of rotatable bonds is 5. The Morgan fingerprint density at radius 1 is 1.12 bits per heavy atom. The van der Waals surface area contributed by atoms with Crippen LogP contribution in [0, 0.1) is 25.2 Å². The Bertz CT molecular complexity index is 365. The van der Waals surface area contributed by atoms with Crippen molar-refractivity contribution in [3.8, 4) is 0 Å². The van der Waals surface area contributed by atoms with E-state index in [0.29, 0.717) is 0 Å². The van der Waals surface area contributed by atoms with Crippen LogP contribution in [0.4, 0.5) is 0 Å². The van der Waals surface area contributed by atoms with Crippen molar-refractivity contribution in [2.24, 2.45) is 11.3 Å². The van der Waals surface area contributed by atoms with Gasteiger partial charge in [-0.2, -0.15) is 0 Å². The molecule has 2 N–H and O–H groups in total. The maximum absolute atomic E-state index is 9.61. The Labute approximate surface area is 104 Å². The van der Waals surface area contributed by atoms with Crippen molar-refractivity contribution in [3.63, 3.8) is 0 Å². The largest absolute Gasteiger partial charge is 0.396 e. The van der Waals surface area contributed by atoms with Crippen molar-refractivity contribution in [1.29, 1.82) is 0 Å². The minimum Gasteiger partial charge on any atom is -0.396 e. The summed E-state index contributed by atoms with van der Waals surface area (Å²) >= 11 is 0. The van der Waals surface area contributed by atoms with E-state index in [9.17, 15) is 10.2 Å². The molecule has 17 heavy (non-hydrogen) atoms. The molecule has 1 rings (SSSR count). The summed E-state index contributed by atoms with van der Waals surface area (Å²) in [7, 11) is 0. The fourth-order valence-corrected chi connectivity index (χ4v) is 2.10. The lowest BCUT2D eigenvalue weighted by Gasteiger charge is -2.34. The van der Waals surface area contributed by atoms with Gasteiger partial charge in [-0.05, 0) is 37.3 Å². The molecule has 1 aromatic rings. The van der Waals surface area contributed by atoms with Gasteiger partial charge in [-0.1, -0.05) is 37.6 Å². The zero-order valence-electron chi connectivity index (χ0n) is 11.3. The SMILES string of the molecule is Cc1ccc(C)c(CC(CO)(CO)C(C)C)c1. The number of benzene rings is 1. The van der Waals surface area contributed by atoms with Crippen LogP contribution in [-0.4, -0.2) is 23.4 Å². The van der Waals surface area contributed by atoms with E-state index in [1.54, 1.807) is 0 Å². The van der Waals surface area contributed by atoms with Crippen molar-refractivity contribution >= 4 is 0 Å². The van der Waals surface area contributed by atoms with E-state index >= 15 is 0 Å². The van der Waals surface area contributed by atoms with Crippen molar-refractivity contribution in [1.82, 2.24) is 0 Å². The fraction of sp³-hybridized carbons (Fsp3) is 0.600. The monoisotopic (exact) mass is 236 g/mol. The summed E-state index contributed by atoms with van der Waals surface area (Å²) in [5.41, 5.74) is 3.25. The van der Waals surface area contributed by atoms with Gasteiger partial charge in [-0.15, -0.1) is 0 Å². The molecule has 0 aliphatic carbocycles. The molecule has 96 valence electrons. The molecule has 2 heteroatoms. The lowest BCUT2D eigenvalue weighted by molar-refractivity contribution is 0.0162. The van der Waals surface area contributed by atoms with Gasteiger partial charge in [0.15, 0.2) is 0 Å². The molecule has 2 nitrogen and oxygen atoms in total. The molecule has 0 aliphatic heterocycles. The third-order valence-corrected chi connectivity index (χ3v) is 3.90. The number of aryl methyl sites for hydroxylation is 2. The van der Waals surface area contributed by atoms with Crippen LogP contribution in [0.2, 0.25) is 0 Å². The molecule has 0 amide bonds. The Kier molecular flexibility index (Phi) is 4.72. The van der Waals surface area contributed by atoms with Gasteiger partial charge in [-0.25, -0.2) is 0 Å². The van der Waals surface area contributed by atoms with Gasteiger partial charge in [0.25, 0.3) is 0 Å². The molecule has 0 radical (unpaired) electrons. The molecule has 0 saturated carbocycles. The quantitative estimate of drug-likeness (QED) is 0.824. The lowest BCUT2D eigenvalue weighted by atomic mass is 9.73. The molecule has 0 saturated heterocycles. The molecule has 0 spiro atoms. The predicted molar refractivity (Wildman–Crippen MR) is 71.1 cm³/mol. The Balaban J connectivity index is 3.05. The van der Waals surface area contributed by atoms with E-state index in [1.165, 1.54) is 16.7 Å². The van der Waals surface area contributed by atoms with E-state index in [0.717, 1.165) is 6.42 Å². The normalized spacial score (nSPS) is 12.2. The van der Waals surface area contributed by atoms with Gasteiger partial charge >= 0.3 is 0 Å². The Hall–Kier alpha value is -0.860. The van der Waals surface area contributed by atoms with Crippen molar-refractivity contribution in [3.05, 3.63) is 34.9 Å². The first-order chi connectivity index (χ1) is 7.95. The second-order valence-electron chi connectivity index (χ2n) is 5.44. The molecule has 0 heterocycles. The lowest BCUT2D eigenvalue weighted by Crippen LogP contribution is -2.37. The molecule has 0 fully saturated rings. The van der Waals surface area contributed by atoms with E-state index in [-0.39, 0.29) is 19.1 Å². The summed E-state index contributed by atoms with van der Waals surface area (Å²) in [6.07, 6.45) is 0.727. The highest BCUT2D eigenvalue weighted by atomic mass is 16.3. The fourth-order valence-electron chi connectivity index (χ4n) is 2.10. The van der Waals surface area contributed by atoms with Crippen molar-refractivity contribution in [2.45, 2.75) is 34.1 Å². The Morgan fingerprint density at radius 2 is 1.71 bits per heavy atom. The molecular formula is C15H24O2. The van der Waals surface area contributed by atoms with Crippen molar-refractivity contribution in [2.75, 3.05) is 13.2 Å². The minimum atomic E-state index is -0.418. The summed E-state index contributed by atoms with van der Waals surface area (Å²) in [6.45, 7) is 8.30. The van der Waals surface area contributed by atoms with Gasteiger partial charge in [0, 0.05) is 5.41 Å². The minimum absolute atomic E-state index is 0.0224. The summed E-state index contributed by atoms with van der Waals surface area (Å²) in [5.74, 6) is 0.248. The van der Waals surface area contributed by atoms with Gasteiger partial charge in [0.2, 0.25) is 0 Å². The standard InChI is InChI=1S/C15H24O2/c1-11(2)15(9-16,10-17)8-14-7-12(3)5-6-13(14)4/h5-7,11,16-17H,8-10H2,1-4H3.